The van der Waals surface area contributed by atoms with Crippen LogP contribution in [0.5, 0.6) is 0 Å². The lowest BCUT2D eigenvalue weighted by Gasteiger charge is -2.14. The van der Waals surface area contributed by atoms with Crippen molar-refractivity contribution in [3.63, 3.8) is 0 Å². The minimum atomic E-state index is 0.214. The fourth-order valence-electron chi connectivity index (χ4n) is 1.63. The number of nitrogens with two attached hydrogens (primary N) is 1. The molecule has 5 nitrogen and oxygen atoms in total. The average molecular weight is 222 g/mol. The van der Waals surface area contributed by atoms with E-state index in [1.807, 2.05) is 6.92 Å². The van der Waals surface area contributed by atoms with Crippen molar-refractivity contribution in [3.05, 3.63) is 11.9 Å². The van der Waals surface area contributed by atoms with Crippen LogP contribution >= 0.6 is 0 Å². The van der Waals surface area contributed by atoms with Crippen LogP contribution in [0.15, 0.2) is 6.07 Å². The highest BCUT2D eigenvalue weighted by molar-refractivity contribution is 5.45. The summed E-state index contributed by atoms with van der Waals surface area (Å²) in [4.78, 5) is 8.70. The molecule has 0 radical (unpaired) electrons. The zero-order valence-corrected chi connectivity index (χ0v) is 9.73. The molecule has 0 bridgehead atoms. The van der Waals surface area contributed by atoms with Crippen LogP contribution in [0.25, 0.3) is 0 Å². The Balaban J connectivity index is 2.07. The van der Waals surface area contributed by atoms with Gasteiger partial charge in [-0.3, -0.25) is 0 Å². The minimum Gasteiger partial charge on any atom is -0.384 e. The summed E-state index contributed by atoms with van der Waals surface area (Å²) in [5.41, 5.74) is 5.75. The van der Waals surface area contributed by atoms with E-state index in [-0.39, 0.29) is 6.04 Å². The lowest BCUT2D eigenvalue weighted by Crippen LogP contribution is -2.22. The SMILES string of the molecule is COC[C@@H](C)Nc1cc(N)nc(C2CC2)n1. The molecule has 0 amide bonds. The minimum absolute atomic E-state index is 0.214. The summed E-state index contributed by atoms with van der Waals surface area (Å²) in [6, 6.07) is 1.98. The van der Waals surface area contributed by atoms with Crippen molar-refractivity contribution in [2.24, 2.45) is 0 Å². The predicted molar refractivity (Wildman–Crippen MR) is 63.4 cm³/mol. The monoisotopic (exact) mass is 222 g/mol. The first-order valence-corrected chi connectivity index (χ1v) is 5.59. The number of anilines is 2. The van der Waals surface area contributed by atoms with Crippen molar-refractivity contribution in [3.8, 4) is 0 Å². The van der Waals surface area contributed by atoms with Crippen LogP contribution in [0.1, 0.15) is 31.5 Å². The smallest absolute Gasteiger partial charge is 0.136 e. The Morgan fingerprint density at radius 2 is 2.31 bits per heavy atom. The maximum atomic E-state index is 5.75. The van der Waals surface area contributed by atoms with Crippen LogP contribution in [-0.2, 0) is 4.74 Å². The van der Waals surface area contributed by atoms with E-state index < -0.39 is 0 Å². The molecule has 0 spiro atoms. The fourth-order valence-corrected chi connectivity index (χ4v) is 1.63. The van der Waals surface area contributed by atoms with Crippen molar-refractivity contribution in [2.45, 2.75) is 31.7 Å². The van der Waals surface area contributed by atoms with E-state index in [9.17, 15) is 0 Å². The summed E-state index contributed by atoms with van der Waals surface area (Å²) in [5, 5.41) is 3.25. The topological polar surface area (TPSA) is 73.1 Å². The molecule has 16 heavy (non-hydrogen) atoms. The van der Waals surface area contributed by atoms with Gasteiger partial charge in [0, 0.05) is 25.1 Å². The molecule has 1 fully saturated rings. The van der Waals surface area contributed by atoms with Gasteiger partial charge in [-0.15, -0.1) is 0 Å². The highest BCUT2D eigenvalue weighted by Gasteiger charge is 2.27. The normalized spacial score (nSPS) is 17.1. The molecule has 1 saturated carbocycles. The Morgan fingerprint density at radius 3 is 2.94 bits per heavy atom. The zero-order valence-electron chi connectivity index (χ0n) is 9.73. The third-order valence-electron chi connectivity index (χ3n) is 2.52. The number of nitrogen functional groups attached to an aromatic ring is 1. The van der Waals surface area contributed by atoms with E-state index in [1.54, 1.807) is 13.2 Å². The van der Waals surface area contributed by atoms with Gasteiger partial charge in [0.1, 0.15) is 17.5 Å². The van der Waals surface area contributed by atoms with Crippen LogP contribution < -0.4 is 11.1 Å². The Morgan fingerprint density at radius 1 is 1.56 bits per heavy atom. The number of rotatable bonds is 5. The van der Waals surface area contributed by atoms with Gasteiger partial charge in [-0.05, 0) is 19.8 Å². The Bertz CT molecular complexity index is 365. The molecule has 1 aromatic heterocycles. The van der Waals surface area contributed by atoms with Crippen LogP contribution in [0, 0.1) is 0 Å². The van der Waals surface area contributed by atoms with Crippen LogP contribution in [-0.4, -0.2) is 29.7 Å². The van der Waals surface area contributed by atoms with Gasteiger partial charge in [-0.1, -0.05) is 0 Å². The molecule has 0 saturated heterocycles. The van der Waals surface area contributed by atoms with Crippen molar-refractivity contribution in [1.29, 1.82) is 0 Å². The second-order valence-corrected chi connectivity index (χ2v) is 4.31. The first kappa shape index (κ1) is 11.1. The molecule has 0 unspecified atom stereocenters. The van der Waals surface area contributed by atoms with Gasteiger partial charge in [0.15, 0.2) is 0 Å². The second kappa shape index (κ2) is 4.65. The number of nitrogens with zero attached hydrogens (tertiary/aromatic N) is 2. The van der Waals surface area contributed by atoms with Gasteiger partial charge in [-0.2, -0.15) is 0 Å². The highest BCUT2D eigenvalue weighted by atomic mass is 16.5. The maximum absolute atomic E-state index is 5.75. The number of aromatic nitrogens is 2. The third-order valence-corrected chi connectivity index (χ3v) is 2.52. The molecule has 1 heterocycles. The molecule has 88 valence electrons. The van der Waals surface area contributed by atoms with Gasteiger partial charge >= 0.3 is 0 Å². The maximum Gasteiger partial charge on any atom is 0.136 e. The van der Waals surface area contributed by atoms with E-state index in [1.165, 1.54) is 12.8 Å². The molecular weight excluding hydrogens is 204 g/mol. The summed E-state index contributed by atoms with van der Waals surface area (Å²) >= 11 is 0. The molecule has 3 N–H and O–H groups in total. The molecule has 1 aromatic rings. The Hall–Kier alpha value is -1.36. The lowest BCUT2D eigenvalue weighted by molar-refractivity contribution is 0.190. The van der Waals surface area contributed by atoms with Crippen LogP contribution in [0.3, 0.4) is 0 Å². The largest absolute Gasteiger partial charge is 0.384 e. The molecule has 2 rings (SSSR count). The molecule has 5 heteroatoms. The lowest BCUT2D eigenvalue weighted by atomic mass is 10.3. The van der Waals surface area contributed by atoms with Gasteiger partial charge in [0.2, 0.25) is 0 Å². The molecule has 0 aromatic carbocycles. The predicted octanol–water partition coefficient (Wildman–Crippen LogP) is 1.38. The summed E-state index contributed by atoms with van der Waals surface area (Å²) in [7, 11) is 1.68. The van der Waals surface area contributed by atoms with E-state index in [0.717, 1.165) is 11.6 Å². The Kier molecular flexibility index (Phi) is 3.24. The zero-order chi connectivity index (χ0) is 11.5. The third kappa shape index (κ3) is 2.82. The van der Waals surface area contributed by atoms with Crippen LogP contribution in [0.4, 0.5) is 11.6 Å². The van der Waals surface area contributed by atoms with Gasteiger partial charge in [0.05, 0.1) is 6.61 Å². The summed E-state index contributed by atoms with van der Waals surface area (Å²) < 4.78 is 5.06. The number of nitrogens with one attached hydrogen (secondary N) is 1. The summed E-state index contributed by atoms with van der Waals surface area (Å²) in [6.07, 6.45) is 2.35. The van der Waals surface area contributed by atoms with Gasteiger partial charge in [-0.25, -0.2) is 9.97 Å². The van der Waals surface area contributed by atoms with Gasteiger partial charge in [0.25, 0.3) is 0 Å². The van der Waals surface area contributed by atoms with Crippen molar-refractivity contribution < 1.29 is 4.74 Å². The number of methoxy groups -OCH3 is 1. The fraction of sp³-hybridized carbons (Fsp3) is 0.636. The number of ether oxygens (including phenoxy) is 1. The van der Waals surface area contributed by atoms with Crippen molar-refractivity contribution >= 4 is 11.6 Å². The first-order chi connectivity index (χ1) is 7.69. The molecular formula is C11H18N4O. The molecule has 0 aliphatic heterocycles. The first-order valence-electron chi connectivity index (χ1n) is 5.59. The van der Waals surface area contributed by atoms with Crippen molar-refractivity contribution in [2.75, 3.05) is 24.8 Å². The quantitative estimate of drug-likeness (QED) is 0.787. The number of hydrogen-bond acceptors (Lipinski definition) is 5. The number of hydrogen-bond donors (Lipinski definition) is 2. The second-order valence-electron chi connectivity index (χ2n) is 4.31. The van der Waals surface area contributed by atoms with E-state index in [4.69, 9.17) is 10.5 Å². The molecule has 1 atom stereocenters. The van der Waals surface area contributed by atoms with Gasteiger partial charge < -0.3 is 15.8 Å². The average Bonchev–Trinajstić information content (AvgIpc) is 2.99. The van der Waals surface area contributed by atoms with E-state index in [2.05, 4.69) is 15.3 Å². The molecule has 1 aliphatic rings. The van der Waals surface area contributed by atoms with E-state index >= 15 is 0 Å². The molecule has 1 aliphatic carbocycles. The van der Waals surface area contributed by atoms with Crippen molar-refractivity contribution in [1.82, 2.24) is 9.97 Å². The standard InChI is InChI=1S/C11H18N4O/c1-7(6-16-2)13-10-5-9(12)14-11(15-10)8-3-4-8/h5,7-8H,3-4,6H2,1-2H3,(H3,12,13,14,15)/t7-/m1/s1. The van der Waals surface area contributed by atoms with E-state index in [0.29, 0.717) is 18.3 Å². The summed E-state index contributed by atoms with van der Waals surface area (Å²) in [5.74, 6) is 2.71. The Labute approximate surface area is 95.4 Å². The highest BCUT2D eigenvalue weighted by Crippen LogP contribution is 2.38. The summed E-state index contributed by atoms with van der Waals surface area (Å²) in [6.45, 7) is 2.68. The van der Waals surface area contributed by atoms with Crippen LogP contribution in [0.2, 0.25) is 0 Å².